The van der Waals surface area contributed by atoms with Crippen LogP contribution in [0.3, 0.4) is 0 Å². The Morgan fingerprint density at radius 3 is 2.69 bits per heavy atom. The molecule has 16 heavy (non-hydrogen) atoms. The number of ether oxygens (including phenoxy) is 2. The van der Waals surface area contributed by atoms with Crippen molar-refractivity contribution in [2.45, 2.75) is 32.7 Å². The molecule has 3 nitrogen and oxygen atoms in total. The molecule has 0 aliphatic heterocycles. The fraction of sp³-hybridized carbons (Fsp3) is 0.538. The minimum Gasteiger partial charge on any atom is -0.493 e. The molecule has 0 bridgehead atoms. The third kappa shape index (κ3) is 4.11. The molecular weight excluding hydrogens is 202 g/mol. The van der Waals surface area contributed by atoms with Crippen LogP contribution in [-0.4, -0.2) is 19.8 Å². The number of hydrogen-bond acceptors (Lipinski definition) is 3. The molecule has 2 N–H and O–H groups in total. The van der Waals surface area contributed by atoms with Crippen LogP contribution in [0.5, 0.6) is 11.5 Å². The average molecular weight is 223 g/mol. The van der Waals surface area contributed by atoms with Crippen molar-refractivity contribution in [3.63, 3.8) is 0 Å². The van der Waals surface area contributed by atoms with Gasteiger partial charge in [0.05, 0.1) is 13.7 Å². The van der Waals surface area contributed by atoms with Crippen LogP contribution in [0.4, 0.5) is 0 Å². The Morgan fingerprint density at radius 2 is 2.06 bits per heavy atom. The molecule has 0 aromatic heterocycles. The predicted octanol–water partition coefficient (Wildman–Crippen LogP) is 2.51. The molecule has 1 atom stereocenters. The van der Waals surface area contributed by atoms with Gasteiger partial charge in [-0.2, -0.15) is 0 Å². The minimum atomic E-state index is 0.239. The Hall–Kier alpha value is -1.22. The van der Waals surface area contributed by atoms with Crippen molar-refractivity contribution >= 4 is 0 Å². The monoisotopic (exact) mass is 223 g/mol. The van der Waals surface area contributed by atoms with Gasteiger partial charge in [0.1, 0.15) is 0 Å². The molecule has 0 radical (unpaired) electrons. The molecule has 90 valence electrons. The van der Waals surface area contributed by atoms with E-state index in [-0.39, 0.29) is 6.04 Å². The van der Waals surface area contributed by atoms with Gasteiger partial charge in [0.15, 0.2) is 11.5 Å². The maximum atomic E-state index is 5.67. The van der Waals surface area contributed by atoms with E-state index in [9.17, 15) is 0 Å². The first-order valence-electron chi connectivity index (χ1n) is 5.66. The number of nitrogens with two attached hydrogens (primary N) is 1. The molecular formula is C13H21NO2. The second-order valence-corrected chi connectivity index (χ2v) is 4.12. The standard InChI is InChI=1S/C13H21NO2/c1-10-6-7-12(13(9-10)15-3)16-8-4-5-11(2)14/h6-7,9,11H,4-5,8,14H2,1-3H3. The molecule has 1 rings (SSSR count). The molecule has 3 heteroatoms. The lowest BCUT2D eigenvalue weighted by Crippen LogP contribution is -2.15. The highest BCUT2D eigenvalue weighted by Crippen LogP contribution is 2.27. The second-order valence-electron chi connectivity index (χ2n) is 4.12. The van der Waals surface area contributed by atoms with Gasteiger partial charge < -0.3 is 15.2 Å². The van der Waals surface area contributed by atoms with Gasteiger partial charge in [0.25, 0.3) is 0 Å². The van der Waals surface area contributed by atoms with Gasteiger partial charge in [-0.15, -0.1) is 0 Å². The summed E-state index contributed by atoms with van der Waals surface area (Å²) in [4.78, 5) is 0. The van der Waals surface area contributed by atoms with E-state index in [0.717, 1.165) is 24.3 Å². The van der Waals surface area contributed by atoms with Crippen LogP contribution >= 0.6 is 0 Å². The molecule has 0 fully saturated rings. The average Bonchev–Trinajstić information content (AvgIpc) is 2.25. The predicted molar refractivity (Wildman–Crippen MR) is 66.1 cm³/mol. The third-order valence-electron chi connectivity index (χ3n) is 2.38. The number of methoxy groups -OCH3 is 1. The van der Waals surface area contributed by atoms with Crippen LogP contribution < -0.4 is 15.2 Å². The summed E-state index contributed by atoms with van der Waals surface area (Å²) in [6.07, 6.45) is 1.95. The van der Waals surface area contributed by atoms with Crippen molar-refractivity contribution in [3.05, 3.63) is 23.8 Å². The van der Waals surface area contributed by atoms with Crippen molar-refractivity contribution in [1.82, 2.24) is 0 Å². The molecule has 0 spiro atoms. The summed E-state index contributed by atoms with van der Waals surface area (Å²) in [5, 5.41) is 0. The van der Waals surface area contributed by atoms with E-state index in [1.54, 1.807) is 7.11 Å². The molecule has 0 aliphatic carbocycles. The highest BCUT2D eigenvalue weighted by atomic mass is 16.5. The van der Waals surface area contributed by atoms with Gasteiger partial charge in [-0.3, -0.25) is 0 Å². The van der Waals surface area contributed by atoms with Crippen molar-refractivity contribution in [1.29, 1.82) is 0 Å². The Bertz CT molecular complexity index is 324. The summed E-state index contributed by atoms with van der Waals surface area (Å²) in [7, 11) is 1.66. The van der Waals surface area contributed by atoms with Crippen LogP contribution in [0, 0.1) is 6.92 Å². The van der Waals surface area contributed by atoms with Gasteiger partial charge in [-0.05, 0) is 44.4 Å². The third-order valence-corrected chi connectivity index (χ3v) is 2.38. The van der Waals surface area contributed by atoms with Crippen LogP contribution in [-0.2, 0) is 0 Å². The van der Waals surface area contributed by atoms with E-state index in [1.165, 1.54) is 5.56 Å². The topological polar surface area (TPSA) is 44.5 Å². The van der Waals surface area contributed by atoms with Gasteiger partial charge in [-0.25, -0.2) is 0 Å². The summed E-state index contributed by atoms with van der Waals surface area (Å²) in [6, 6.07) is 6.17. The van der Waals surface area contributed by atoms with E-state index in [1.807, 2.05) is 32.0 Å². The van der Waals surface area contributed by atoms with E-state index in [2.05, 4.69) is 0 Å². The molecule has 1 aromatic carbocycles. The van der Waals surface area contributed by atoms with Crippen LogP contribution in [0.1, 0.15) is 25.3 Å². The Labute approximate surface area is 97.6 Å². The second kappa shape index (κ2) is 6.38. The molecule has 1 aromatic rings. The maximum Gasteiger partial charge on any atom is 0.161 e. The Kier molecular flexibility index (Phi) is 5.12. The lowest BCUT2D eigenvalue weighted by Gasteiger charge is -2.11. The zero-order valence-electron chi connectivity index (χ0n) is 10.3. The zero-order valence-corrected chi connectivity index (χ0v) is 10.3. The normalized spacial score (nSPS) is 12.2. The minimum absolute atomic E-state index is 0.239. The van der Waals surface area contributed by atoms with Gasteiger partial charge >= 0.3 is 0 Å². The fourth-order valence-corrected chi connectivity index (χ4v) is 1.48. The first-order valence-corrected chi connectivity index (χ1v) is 5.66. The van der Waals surface area contributed by atoms with Crippen molar-refractivity contribution in [2.75, 3.05) is 13.7 Å². The Balaban J connectivity index is 2.47. The number of aryl methyl sites for hydroxylation is 1. The number of rotatable bonds is 6. The zero-order chi connectivity index (χ0) is 12.0. The number of benzene rings is 1. The SMILES string of the molecule is COc1cc(C)ccc1OCCCC(C)N. The van der Waals surface area contributed by atoms with Crippen molar-refractivity contribution < 1.29 is 9.47 Å². The quantitative estimate of drug-likeness (QED) is 0.754. The Morgan fingerprint density at radius 1 is 1.31 bits per heavy atom. The lowest BCUT2D eigenvalue weighted by atomic mass is 10.2. The van der Waals surface area contributed by atoms with Gasteiger partial charge in [0.2, 0.25) is 0 Å². The van der Waals surface area contributed by atoms with E-state index >= 15 is 0 Å². The van der Waals surface area contributed by atoms with Gasteiger partial charge in [0, 0.05) is 6.04 Å². The van der Waals surface area contributed by atoms with Crippen LogP contribution in [0.25, 0.3) is 0 Å². The molecule has 0 amide bonds. The molecule has 1 unspecified atom stereocenters. The number of hydrogen-bond donors (Lipinski definition) is 1. The molecule has 0 saturated heterocycles. The van der Waals surface area contributed by atoms with E-state index < -0.39 is 0 Å². The van der Waals surface area contributed by atoms with Crippen LogP contribution in [0.2, 0.25) is 0 Å². The van der Waals surface area contributed by atoms with E-state index in [0.29, 0.717) is 6.61 Å². The summed E-state index contributed by atoms with van der Waals surface area (Å²) < 4.78 is 10.9. The lowest BCUT2D eigenvalue weighted by molar-refractivity contribution is 0.283. The van der Waals surface area contributed by atoms with Crippen molar-refractivity contribution in [2.24, 2.45) is 5.73 Å². The first kappa shape index (κ1) is 12.8. The van der Waals surface area contributed by atoms with Crippen molar-refractivity contribution in [3.8, 4) is 11.5 Å². The smallest absolute Gasteiger partial charge is 0.161 e. The highest BCUT2D eigenvalue weighted by molar-refractivity contribution is 5.42. The van der Waals surface area contributed by atoms with Gasteiger partial charge in [-0.1, -0.05) is 6.07 Å². The summed E-state index contributed by atoms with van der Waals surface area (Å²) >= 11 is 0. The molecule has 0 saturated carbocycles. The fourth-order valence-electron chi connectivity index (χ4n) is 1.48. The molecule has 0 aliphatic rings. The van der Waals surface area contributed by atoms with E-state index in [4.69, 9.17) is 15.2 Å². The largest absolute Gasteiger partial charge is 0.493 e. The summed E-state index contributed by atoms with van der Waals surface area (Å²) in [5.74, 6) is 1.60. The summed E-state index contributed by atoms with van der Waals surface area (Å²) in [6.45, 7) is 4.72. The maximum absolute atomic E-state index is 5.67. The first-order chi connectivity index (χ1) is 7.63. The molecule has 0 heterocycles. The van der Waals surface area contributed by atoms with Crippen LogP contribution in [0.15, 0.2) is 18.2 Å². The summed E-state index contributed by atoms with van der Waals surface area (Å²) in [5.41, 5.74) is 6.83. The highest BCUT2D eigenvalue weighted by Gasteiger charge is 2.04.